The normalized spacial score (nSPS) is 14.3. The van der Waals surface area contributed by atoms with Gasteiger partial charge in [0.1, 0.15) is 6.20 Å². The number of rotatable bonds is 1. The van der Waals surface area contributed by atoms with E-state index >= 15 is 0 Å². The van der Waals surface area contributed by atoms with Crippen molar-refractivity contribution in [2.45, 2.75) is 13.1 Å². The van der Waals surface area contributed by atoms with Crippen molar-refractivity contribution in [3.05, 3.63) is 33.6 Å². The number of nitrogens with one attached hydrogen (secondary N) is 1. The van der Waals surface area contributed by atoms with Crippen molar-refractivity contribution < 1.29 is 4.92 Å². The average molecular weight is 165 g/mol. The minimum Gasteiger partial charge on any atom is -0.307 e. The number of hydrogen-bond acceptors (Lipinski definition) is 4. The first-order valence-electron chi connectivity index (χ1n) is 3.60. The third-order valence-corrected chi connectivity index (χ3v) is 1.86. The first kappa shape index (κ1) is 7.17. The highest BCUT2D eigenvalue weighted by atomic mass is 16.6. The molecule has 0 saturated heterocycles. The fourth-order valence-corrected chi connectivity index (χ4v) is 1.25. The molecule has 2 rings (SSSR count). The largest absolute Gasteiger partial charge is 0.307 e. The van der Waals surface area contributed by atoms with E-state index in [0.29, 0.717) is 13.1 Å². The van der Waals surface area contributed by atoms with Crippen molar-refractivity contribution in [3.63, 3.8) is 0 Å². The predicted molar refractivity (Wildman–Crippen MR) is 41.4 cm³/mol. The third-order valence-electron chi connectivity index (χ3n) is 1.86. The molecule has 0 radical (unpaired) electrons. The van der Waals surface area contributed by atoms with E-state index < -0.39 is 4.92 Å². The SMILES string of the molecule is O=[N+]([O-])c1cnc2c(c1)CNC2. The number of hydrogen-bond donors (Lipinski definition) is 1. The van der Waals surface area contributed by atoms with Crippen LogP contribution in [0.1, 0.15) is 11.3 Å². The van der Waals surface area contributed by atoms with Gasteiger partial charge in [0.05, 0.1) is 10.6 Å². The highest BCUT2D eigenvalue weighted by molar-refractivity contribution is 5.35. The maximum atomic E-state index is 10.3. The fourth-order valence-electron chi connectivity index (χ4n) is 1.25. The van der Waals surface area contributed by atoms with Gasteiger partial charge in [-0.2, -0.15) is 0 Å². The van der Waals surface area contributed by atoms with Gasteiger partial charge in [-0.15, -0.1) is 0 Å². The molecule has 0 aliphatic carbocycles. The predicted octanol–water partition coefficient (Wildman–Crippen LogP) is 0.593. The molecule has 62 valence electrons. The molecule has 1 aromatic rings. The van der Waals surface area contributed by atoms with Crippen LogP contribution in [0.2, 0.25) is 0 Å². The molecule has 2 heterocycles. The van der Waals surface area contributed by atoms with Crippen LogP contribution in [-0.2, 0) is 13.1 Å². The second kappa shape index (κ2) is 2.53. The van der Waals surface area contributed by atoms with E-state index in [2.05, 4.69) is 10.3 Å². The van der Waals surface area contributed by atoms with Crippen LogP contribution in [0.5, 0.6) is 0 Å². The second-order valence-electron chi connectivity index (χ2n) is 2.66. The van der Waals surface area contributed by atoms with Gasteiger partial charge >= 0.3 is 0 Å². The van der Waals surface area contributed by atoms with E-state index in [1.807, 2.05) is 0 Å². The summed E-state index contributed by atoms with van der Waals surface area (Å²) in [5.74, 6) is 0. The summed E-state index contributed by atoms with van der Waals surface area (Å²) in [6.45, 7) is 1.40. The topological polar surface area (TPSA) is 68.1 Å². The Bertz CT molecular complexity index is 337. The van der Waals surface area contributed by atoms with Crippen molar-refractivity contribution in [1.82, 2.24) is 10.3 Å². The Labute approximate surface area is 68.6 Å². The monoisotopic (exact) mass is 165 g/mol. The number of nitrogens with zero attached hydrogens (tertiary/aromatic N) is 2. The van der Waals surface area contributed by atoms with E-state index in [1.165, 1.54) is 6.20 Å². The highest BCUT2D eigenvalue weighted by Gasteiger charge is 2.15. The maximum absolute atomic E-state index is 10.3. The van der Waals surface area contributed by atoms with Gasteiger partial charge in [0, 0.05) is 19.2 Å². The zero-order chi connectivity index (χ0) is 8.55. The van der Waals surface area contributed by atoms with Crippen molar-refractivity contribution in [2.75, 3.05) is 0 Å². The summed E-state index contributed by atoms with van der Waals surface area (Å²) in [6.07, 6.45) is 1.30. The van der Waals surface area contributed by atoms with Gasteiger partial charge in [-0.05, 0) is 5.56 Å². The lowest BCUT2D eigenvalue weighted by molar-refractivity contribution is -0.385. The summed E-state index contributed by atoms with van der Waals surface area (Å²) in [4.78, 5) is 13.9. The van der Waals surface area contributed by atoms with E-state index in [0.717, 1.165) is 11.3 Å². The van der Waals surface area contributed by atoms with Gasteiger partial charge in [-0.25, -0.2) is 0 Å². The van der Waals surface area contributed by atoms with Crippen LogP contribution in [0.4, 0.5) is 5.69 Å². The molecule has 0 atom stereocenters. The van der Waals surface area contributed by atoms with Crippen LogP contribution in [-0.4, -0.2) is 9.91 Å². The van der Waals surface area contributed by atoms with Crippen molar-refractivity contribution in [3.8, 4) is 0 Å². The number of fused-ring (bicyclic) bond motifs is 1. The van der Waals surface area contributed by atoms with Crippen molar-refractivity contribution in [1.29, 1.82) is 0 Å². The van der Waals surface area contributed by atoms with Gasteiger partial charge in [0.2, 0.25) is 0 Å². The van der Waals surface area contributed by atoms with Crippen LogP contribution >= 0.6 is 0 Å². The molecule has 0 saturated carbocycles. The molecule has 1 N–H and O–H groups in total. The number of aromatic nitrogens is 1. The smallest absolute Gasteiger partial charge is 0.287 e. The molecule has 0 aromatic carbocycles. The van der Waals surface area contributed by atoms with Gasteiger partial charge in [0.15, 0.2) is 0 Å². The molecule has 1 aliphatic heterocycles. The molecule has 12 heavy (non-hydrogen) atoms. The van der Waals surface area contributed by atoms with Crippen LogP contribution in [0.15, 0.2) is 12.3 Å². The molecule has 0 fully saturated rings. The van der Waals surface area contributed by atoms with E-state index in [4.69, 9.17) is 0 Å². The Hall–Kier alpha value is -1.49. The van der Waals surface area contributed by atoms with Gasteiger partial charge in [0.25, 0.3) is 5.69 Å². The summed E-state index contributed by atoms with van der Waals surface area (Å²) in [5, 5.41) is 13.4. The van der Waals surface area contributed by atoms with Crippen LogP contribution < -0.4 is 5.32 Å². The van der Waals surface area contributed by atoms with E-state index in [1.54, 1.807) is 6.07 Å². The summed E-state index contributed by atoms with van der Waals surface area (Å²) in [7, 11) is 0. The lowest BCUT2D eigenvalue weighted by Gasteiger charge is -1.94. The standard InChI is InChI=1S/C7H7N3O2/c11-10(12)6-1-5-2-8-4-7(5)9-3-6/h1,3,8H,2,4H2. The molecular weight excluding hydrogens is 158 g/mol. The quantitative estimate of drug-likeness (QED) is 0.488. The molecule has 5 nitrogen and oxygen atoms in total. The van der Waals surface area contributed by atoms with Gasteiger partial charge < -0.3 is 5.32 Å². The molecule has 5 heteroatoms. The molecule has 0 spiro atoms. The first-order valence-corrected chi connectivity index (χ1v) is 3.60. The summed E-state index contributed by atoms with van der Waals surface area (Å²) < 4.78 is 0. The maximum Gasteiger partial charge on any atom is 0.287 e. The zero-order valence-electron chi connectivity index (χ0n) is 6.28. The summed E-state index contributed by atoms with van der Waals surface area (Å²) >= 11 is 0. The first-order chi connectivity index (χ1) is 5.77. The van der Waals surface area contributed by atoms with Crippen LogP contribution in [0, 0.1) is 10.1 Å². The third kappa shape index (κ3) is 1.04. The minimum atomic E-state index is -0.425. The highest BCUT2D eigenvalue weighted by Crippen LogP contribution is 2.18. The van der Waals surface area contributed by atoms with E-state index in [9.17, 15) is 10.1 Å². The summed E-state index contributed by atoms with van der Waals surface area (Å²) in [6, 6.07) is 1.57. The lowest BCUT2D eigenvalue weighted by atomic mass is 10.2. The lowest BCUT2D eigenvalue weighted by Crippen LogP contribution is -2.00. The Kier molecular flexibility index (Phi) is 1.51. The van der Waals surface area contributed by atoms with Crippen molar-refractivity contribution in [2.24, 2.45) is 0 Å². The Morgan fingerprint density at radius 2 is 2.42 bits per heavy atom. The Morgan fingerprint density at radius 1 is 1.58 bits per heavy atom. The second-order valence-corrected chi connectivity index (χ2v) is 2.66. The molecule has 1 aliphatic rings. The van der Waals surface area contributed by atoms with Crippen molar-refractivity contribution >= 4 is 5.69 Å². The Balaban J connectivity index is 2.45. The molecule has 1 aromatic heterocycles. The molecule has 0 bridgehead atoms. The van der Waals surface area contributed by atoms with E-state index in [-0.39, 0.29) is 5.69 Å². The molecule has 0 unspecified atom stereocenters. The van der Waals surface area contributed by atoms with Gasteiger partial charge in [-0.3, -0.25) is 15.1 Å². The van der Waals surface area contributed by atoms with Gasteiger partial charge in [-0.1, -0.05) is 0 Å². The molecule has 0 amide bonds. The molecular formula is C7H7N3O2. The zero-order valence-corrected chi connectivity index (χ0v) is 6.28. The van der Waals surface area contributed by atoms with Crippen LogP contribution in [0.3, 0.4) is 0 Å². The number of pyridine rings is 1. The number of nitro groups is 1. The van der Waals surface area contributed by atoms with Crippen LogP contribution in [0.25, 0.3) is 0 Å². The Morgan fingerprint density at radius 3 is 3.17 bits per heavy atom. The average Bonchev–Trinajstić information content (AvgIpc) is 2.49. The fraction of sp³-hybridized carbons (Fsp3) is 0.286. The summed E-state index contributed by atoms with van der Waals surface area (Å²) in [5.41, 5.74) is 1.92. The minimum absolute atomic E-state index is 0.0671.